The van der Waals surface area contributed by atoms with Gasteiger partial charge >= 0.3 is 0 Å². The van der Waals surface area contributed by atoms with Gasteiger partial charge in [-0.05, 0) is 24.7 Å². The van der Waals surface area contributed by atoms with Crippen LogP contribution in [0.5, 0.6) is 0 Å². The lowest BCUT2D eigenvalue weighted by Gasteiger charge is -2.20. The zero-order chi connectivity index (χ0) is 6.32. The molecule has 0 bridgehead atoms. The molecular formula is C7H11NO. The summed E-state index contributed by atoms with van der Waals surface area (Å²) in [4.78, 5) is 10.8. The van der Waals surface area contributed by atoms with E-state index in [4.69, 9.17) is 0 Å². The molecule has 1 saturated carbocycles. The van der Waals surface area contributed by atoms with Gasteiger partial charge in [0.2, 0.25) is 5.91 Å². The topological polar surface area (TPSA) is 29.1 Å². The molecule has 0 aromatic carbocycles. The van der Waals surface area contributed by atoms with Crippen LogP contribution in [0.3, 0.4) is 0 Å². The Morgan fingerprint density at radius 3 is 2.56 bits per heavy atom. The minimum absolute atomic E-state index is 0.263. The van der Waals surface area contributed by atoms with Gasteiger partial charge in [-0.3, -0.25) is 4.79 Å². The lowest BCUT2D eigenvalue weighted by Crippen LogP contribution is -2.34. The summed E-state index contributed by atoms with van der Waals surface area (Å²) in [5.41, 5.74) is 0.488. The maximum atomic E-state index is 10.8. The predicted molar refractivity (Wildman–Crippen MR) is 33.9 cm³/mol. The van der Waals surface area contributed by atoms with Crippen LogP contribution in [-0.2, 0) is 4.79 Å². The van der Waals surface area contributed by atoms with Gasteiger partial charge in [-0.15, -0.1) is 0 Å². The molecule has 9 heavy (non-hydrogen) atoms. The highest BCUT2D eigenvalue weighted by Crippen LogP contribution is 2.52. The molecule has 1 heterocycles. The Bertz CT molecular complexity index is 149. The summed E-state index contributed by atoms with van der Waals surface area (Å²) in [5, 5.41) is 2.84. The molecule has 0 atom stereocenters. The number of amides is 1. The zero-order valence-corrected chi connectivity index (χ0v) is 5.44. The van der Waals surface area contributed by atoms with E-state index in [2.05, 4.69) is 5.32 Å². The molecule has 2 aliphatic rings. The van der Waals surface area contributed by atoms with E-state index >= 15 is 0 Å². The highest BCUT2D eigenvalue weighted by Gasteiger charge is 2.45. The summed E-state index contributed by atoms with van der Waals surface area (Å²) >= 11 is 0. The molecule has 0 radical (unpaired) electrons. The maximum Gasteiger partial charge on any atom is 0.220 e. The highest BCUT2D eigenvalue weighted by atomic mass is 16.1. The average Bonchev–Trinajstić information content (AvgIpc) is 2.49. The van der Waals surface area contributed by atoms with Crippen LogP contribution in [0.4, 0.5) is 0 Å². The third-order valence-electron chi connectivity index (χ3n) is 2.47. The highest BCUT2D eigenvalue weighted by molar-refractivity contribution is 5.77. The summed E-state index contributed by atoms with van der Waals surface area (Å²) in [6.07, 6.45) is 4.60. The Hall–Kier alpha value is -0.530. The average molecular weight is 125 g/mol. The predicted octanol–water partition coefficient (Wildman–Crippen LogP) is 0.677. The van der Waals surface area contributed by atoms with Gasteiger partial charge in [-0.1, -0.05) is 0 Å². The van der Waals surface area contributed by atoms with Crippen LogP contribution in [-0.4, -0.2) is 12.5 Å². The molecule has 1 N–H and O–H groups in total. The van der Waals surface area contributed by atoms with E-state index in [-0.39, 0.29) is 5.91 Å². The van der Waals surface area contributed by atoms with Crippen LogP contribution in [0.15, 0.2) is 0 Å². The van der Waals surface area contributed by atoms with E-state index < -0.39 is 0 Å². The number of carbonyl (C=O) groups excluding carboxylic acids is 1. The van der Waals surface area contributed by atoms with E-state index in [1.165, 1.54) is 19.3 Å². The summed E-state index contributed by atoms with van der Waals surface area (Å²) in [6, 6.07) is 0. The first kappa shape index (κ1) is 5.27. The monoisotopic (exact) mass is 125 g/mol. The van der Waals surface area contributed by atoms with E-state index in [9.17, 15) is 4.79 Å². The Balaban J connectivity index is 2.04. The van der Waals surface area contributed by atoms with Crippen molar-refractivity contribution in [2.75, 3.05) is 6.54 Å². The molecule has 2 fully saturated rings. The van der Waals surface area contributed by atoms with Crippen molar-refractivity contribution in [2.45, 2.75) is 25.7 Å². The largest absolute Gasteiger partial charge is 0.356 e. The van der Waals surface area contributed by atoms with Crippen LogP contribution in [0.25, 0.3) is 0 Å². The van der Waals surface area contributed by atoms with E-state index in [0.717, 1.165) is 13.0 Å². The first-order valence-corrected chi connectivity index (χ1v) is 3.58. The van der Waals surface area contributed by atoms with Crippen LogP contribution in [0.2, 0.25) is 0 Å². The van der Waals surface area contributed by atoms with Crippen molar-refractivity contribution < 1.29 is 4.79 Å². The second-order valence-electron chi connectivity index (χ2n) is 3.28. The smallest absolute Gasteiger partial charge is 0.220 e. The number of hydrogen-bond acceptors (Lipinski definition) is 1. The quantitative estimate of drug-likeness (QED) is 0.506. The molecule has 0 unspecified atom stereocenters. The van der Waals surface area contributed by atoms with E-state index in [1.807, 2.05) is 0 Å². The molecule has 2 heteroatoms. The number of rotatable bonds is 0. The second kappa shape index (κ2) is 1.49. The number of hydrogen-bond donors (Lipinski definition) is 1. The molecule has 1 spiro atoms. The second-order valence-corrected chi connectivity index (χ2v) is 3.28. The fourth-order valence-corrected chi connectivity index (χ4v) is 1.56. The molecule has 0 aromatic rings. The van der Waals surface area contributed by atoms with Gasteiger partial charge in [0.1, 0.15) is 0 Å². The van der Waals surface area contributed by atoms with Crippen molar-refractivity contribution in [1.29, 1.82) is 0 Å². The lowest BCUT2D eigenvalue weighted by atomic mass is 9.95. The standard InChI is InChI=1S/C7H11NO/c9-6-5-7(1-2-7)3-4-8-6/h1-5H2,(H,8,9). The fourth-order valence-electron chi connectivity index (χ4n) is 1.56. The Kier molecular flexibility index (Phi) is 0.875. The summed E-state index contributed by atoms with van der Waals surface area (Å²) in [5.74, 6) is 0.263. The number of nitrogens with one attached hydrogen (secondary N) is 1. The van der Waals surface area contributed by atoms with Gasteiger partial charge in [0, 0.05) is 13.0 Å². The van der Waals surface area contributed by atoms with Crippen molar-refractivity contribution in [3.05, 3.63) is 0 Å². The summed E-state index contributed by atoms with van der Waals surface area (Å²) in [7, 11) is 0. The lowest BCUT2D eigenvalue weighted by molar-refractivity contribution is -0.123. The first-order valence-electron chi connectivity index (χ1n) is 3.58. The van der Waals surface area contributed by atoms with E-state index in [1.54, 1.807) is 0 Å². The summed E-state index contributed by atoms with van der Waals surface area (Å²) < 4.78 is 0. The molecule has 2 rings (SSSR count). The summed E-state index contributed by atoms with van der Waals surface area (Å²) in [6.45, 7) is 0.916. The van der Waals surface area contributed by atoms with Crippen LogP contribution in [0, 0.1) is 5.41 Å². The molecule has 1 aliphatic heterocycles. The van der Waals surface area contributed by atoms with Gasteiger partial charge in [-0.25, -0.2) is 0 Å². The van der Waals surface area contributed by atoms with Crippen molar-refractivity contribution in [3.8, 4) is 0 Å². The van der Waals surface area contributed by atoms with Gasteiger partial charge in [0.15, 0.2) is 0 Å². The van der Waals surface area contributed by atoms with Crippen molar-refractivity contribution in [2.24, 2.45) is 5.41 Å². The molecule has 1 aliphatic carbocycles. The van der Waals surface area contributed by atoms with Gasteiger partial charge in [0.25, 0.3) is 0 Å². The fraction of sp³-hybridized carbons (Fsp3) is 0.857. The third-order valence-corrected chi connectivity index (χ3v) is 2.47. The third kappa shape index (κ3) is 0.824. The molecular weight excluding hydrogens is 114 g/mol. The first-order chi connectivity index (χ1) is 4.31. The molecule has 1 saturated heterocycles. The van der Waals surface area contributed by atoms with Crippen LogP contribution < -0.4 is 5.32 Å². The van der Waals surface area contributed by atoms with E-state index in [0.29, 0.717) is 5.41 Å². The molecule has 50 valence electrons. The van der Waals surface area contributed by atoms with Gasteiger partial charge in [0.05, 0.1) is 0 Å². The normalized spacial score (nSPS) is 30.0. The minimum atomic E-state index is 0.263. The van der Waals surface area contributed by atoms with Gasteiger partial charge in [-0.2, -0.15) is 0 Å². The number of piperidine rings is 1. The van der Waals surface area contributed by atoms with Gasteiger partial charge < -0.3 is 5.32 Å². The molecule has 1 amide bonds. The van der Waals surface area contributed by atoms with Crippen molar-refractivity contribution >= 4 is 5.91 Å². The Labute approximate surface area is 54.6 Å². The number of carbonyl (C=O) groups is 1. The van der Waals surface area contributed by atoms with Crippen molar-refractivity contribution in [3.63, 3.8) is 0 Å². The van der Waals surface area contributed by atoms with Crippen LogP contribution in [0.1, 0.15) is 25.7 Å². The maximum absolute atomic E-state index is 10.8. The Morgan fingerprint density at radius 1 is 1.33 bits per heavy atom. The SMILES string of the molecule is O=C1CC2(CCN1)CC2. The van der Waals surface area contributed by atoms with Crippen molar-refractivity contribution in [1.82, 2.24) is 5.32 Å². The minimum Gasteiger partial charge on any atom is -0.356 e. The molecule has 2 nitrogen and oxygen atoms in total. The van der Waals surface area contributed by atoms with Crippen LogP contribution >= 0.6 is 0 Å². The Morgan fingerprint density at radius 2 is 2.11 bits per heavy atom. The molecule has 0 aromatic heterocycles. The zero-order valence-electron chi connectivity index (χ0n) is 5.44.